The van der Waals surface area contributed by atoms with Gasteiger partial charge in [0.25, 0.3) is 0 Å². The molecule has 1 aliphatic rings. The molecule has 0 aliphatic heterocycles. The number of rotatable bonds is 5. The second kappa shape index (κ2) is 6.78. The van der Waals surface area contributed by atoms with Crippen LogP contribution in [0.1, 0.15) is 32.1 Å². The van der Waals surface area contributed by atoms with E-state index >= 15 is 0 Å². The molecule has 1 atom stereocenters. The summed E-state index contributed by atoms with van der Waals surface area (Å²) in [7, 11) is 0. The first kappa shape index (κ1) is 12.6. The van der Waals surface area contributed by atoms with Crippen molar-refractivity contribution in [3.05, 3.63) is 42.5 Å². The van der Waals surface area contributed by atoms with E-state index in [9.17, 15) is 4.79 Å². The van der Waals surface area contributed by atoms with Gasteiger partial charge in [0.1, 0.15) is 0 Å². The zero-order chi connectivity index (χ0) is 11.9. The summed E-state index contributed by atoms with van der Waals surface area (Å²) in [5.74, 6) is 0.652. The Bertz CT molecular complexity index is 383. The van der Waals surface area contributed by atoms with Gasteiger partial charge in [0, 0.05) is 0 Å². The predicted octanol–water partition coefficient (Wildman–Crippen LogP) is 2.68. The van der Waals surface area contributed by atoms with Gasteiger partial charge in [-0.1, -0.05) is 0 Å². The first-order chi connectivity index (χ1) is 8.34. The van der Waals surface area contributed by atoms with Gasteiger partial charge < -0.3 is 0 Å². The van der Waals surface area contributed by atoms with E-state index in [2.05, 4.69) is 24.3 Å². The maximum atomic E-state index is 11.9. The summed E-state index contributed by atoms with van der Waals surface area (Å²) in [4.78, 5) is 11.9. The van der Waals surface area contributed by atoms with Crippen LogP contribution in [0.2, 0.25) is 0 Å². The Labute approximate surface area is 109 Å². The Hall–Kier alpha value is -0.851. The molecule has 0 fully saturated rings. The van der Waals surface area contributed by atoms with Crippen LogP contribution < -0.4 is 4.46 Å². The molecule has 1 aliphatic carbocycles. The van der Waals surface area contributed by atoms with Crippen molar-refractivity contribution in [1.29, 1.82) is 0 Å². The minimum absolute atomic E-state index is 0.0135. The SMILES string of the molecule is O=C(CCC1C=CCCC1)[Se]c1ccccc1. The third-order valence-electron chi connectivity index (χ3n) is 3.05. The van der Waals surface area contributed by atoms with Crippen LogP contribution in [0.3, 0.4) is 0 Å². The average Bonchev–Trinajstić information content (AvgIpc) is 2.39. The number of hydrogen-bond acceptors (Lipinski definition) is 1. The van der Waals surface area contributed by atoms with E-state index in [4.69, 9.17) is 0 Å². The van der Waals surface area contributed by atoms with Crippen molar-refractivity contribution in [2.75, 3.05) is 0 Å². The van der Waals surface area contributed by atoms with Gasteiger partial charge in [-0.3, -0.25) is 0 Å². The fourth-order valence-corrected chi connectivity index (χ4v) is 3.73. The molecule has 1 unspecified atom stereocenters. The van der Waals surface area contributed by atoms with Crippen molar-refractivity contribution >= 4 is 24.1 Å². The van der Waals surface area contributed by atoms with E-state index in [1.807, 2.05) is 18.2 Å². The maximum absolute atomic E-state index is 11.9. The normalized spacial score (nSPS) is 19.2. The molecule has 0 heterocycles. The Morgan fingerprint density at radius 1 is 1.29 bits per heavy atom. The van der Waals surface area contributed by atoms with Crippen molar-refractivity contribution in [1.82, 2.24) is 0 Å². The summed E-state index contributed by atoms with van der Waals surface area (Å²) >= 11 is 0.0135. The molecule has 1 nitrogen and oxygen atoms in total. The van der Waals surface area contributed by atoms with E-state index in [0.717, 1.165) is 12.8 Å². The Kier molecular flexibility index (Phi) is 5.03. The summed E-state index contributed by atoms with van der Waals surface area (Å²) in [6.07, 6.45) is 10.1. The van der Waals surface area contributed by atoms with Crippen LogP contribution in [0.4, 0.5) is 0 Å². The molecule has 90 valence electrons. The van der Waals surface area contributed by atoms with Gasteiger partial charge in [-0.25, -0.2) is 0 Å². The van der Waals surface area contributed by atoms with Gasteiger partial charge in [0.05, 0.1) is 0 Å². The fraction of sp³-hybridized carbons (Fsp3) is 0.400. The zero-order valence-electron chi connectivity index (χ0n) is 9.97. The first-order valence-corrected chi connectivity index (χ1v) is 7.98. The van der Waals surface area contributed by atoms with Gasteiger partial charge in [-0.15, -0.1) is 0 Å². The molecular formula is C15H18OSe. The van der Waals surface area contributed by atoms with Gasteiger partial charge in [0.15, 0.2) is 0 Å². The Balaban J connectivity index is 1.74. The van der Waals surface area contributed by atoms with Crippen LogP contribution in [0, 0.1) is 5.92 Å². The molecule has 2 rings (SSSR count). The number of carbonyl (C=O) groups excluding carboxylic acids is 1. The van der Waals surface area contributed by atoms with Crippen LogP contribution in [-0.4, -0.2) is 19.6 Å². The van der Waals surface area contributed by atoms with E-state index in [1.165, 1.54) is 23.7 Å². The number of benzene rings is 1. The van der Waals surface area contributed by atoms with Crippen molar-refractivity contribution in [3.8, 4) is 0 Å². The number of hydrogen-bond donors (Lipinski definition) is 0. The van der Waals surface area contributed by atoms with Crippen molar-refractivity contribution < 1.29 is 4.79 Å². The second-order valence-corrected chi connectivity index (χ2v) is 6.82. The molecule has 1 aromatic rings. The monoisotopic (exact) mass is 294 g/mol. The van der Waals surface area contributed by atoms with Crippen LogP contribution in [0.5, 0.6) is 0 Å². The van der Waals surface area contributed by atoms with Crippen molar-refractivity contribution in [2.45, 2.75) is 32.1 Å². The molecule has 0 N–H and O–H groups in total. The average molecular weight is 293 g/mol. The number of carbonyl (C=O) groups is 1. The molecule has 0 saturated carbocycles. The molecule has 0 bridgehead atoms. The Morgan fingerprint density at radius 2 is 2.12 bits per heavy atom. The van der Waals surface area contributed by atoms with E-state index < -0.39 is 0 Å². The van der Waals surface area contributed by atoms with Gasteiger partial charge in [-0.05, 0) is 0 Å². The van der Waals surface area contributed by atoms with Gasteiger partial charge in [-0.2, -0.15) is 0 Å². The molecular weight excluding hydrogens is 275 g/mol. The van der Waals surface area contributed by atoms with E-state index in [1.54, 1.807) is 0 Å². The predicted molar refractivity (Wildman–Crippen MR) is 72.6 cm³/mol. The van der Waals surface area contributed by atoms with Gasteiger partial charge >= 0.3 is 109 Å². The summed E-state index contributed by atoms with van der Waals surface area (Å²) in [5.41, 5.74) is 0. The molecule has 0 aromatic heterocycles. The van der Waals surface area contributed by atoms with Crippen molar-refractivity contribution in [3.63, 3.8) is 0 Å². The standard InChI is InChI=1S/C15H18OSe/c16-15(17-14-9-5-2-6-10-14)12-11-13-7-3-1-4-8-13/h2-3,5-7,9-10,13H,1,4,8,11-12H2. The first-order valence-electron chi connectivity index (χ1n) is 6.27. The molecule has 17 heavy (non-hydrogen) atoms. The van der Waals surface area contributed by atoms with Crippen LogP contribution >= 0.6 is 0 Å². The number of allylic oxidation sites excluding steroid dienone is 2. The third-order valence-corrected chi connectivity index (χ3v) is 5.02. The zero-order valence-corrected chi connectivity index (χ0v) is 11.7. The summed E-state index contributed by atoms with van der Waals surface area (Å²) in [6, 6.07) is 10.1. The minimum atomic E-state index is 0.0135. The fourth-order valence-electron chi connectivity index (χ4n) is 2.10. The van der Waals surface area contributed by atoms with Gasteiger partial charge in [0.2, 0.25) is 0 Å². The third kappa shape index (κ3) is 4.49. The summed E-state index contributed by atoms with van der Waals surface area (Å²) in [5, 5.41) is 0. The van der Waals surface area contributed by atoms with E-state index in [-0.39, 0.29) is 15.0 Å². The molecule has 1 aromatic carbocycles. The molecule has 0 spiro atoms. The molecule has 0 radical (unpaired) electrons. The van der Waals surface area contributed by atoms with E-state index in [0.29, 0.717) is 10.6 Å². The molecule has 2 heteroatoms. The molecule has 0 saturated heterocycles. The van der Waals surface area contributed by atoms with Crippen molar-refractivity contribution in [2.24, 2.45) is 5.92 Å². The molecule has 0 amide bonds. The summed E-state index contributed by atoms with van der Waals surface area (Å²) < 4.78 is 1.63. The topological polar surface area (TPSA) is 17.1 Å². The second-order valence-electron chi connectivity index (χ2n) is 4.44. The summed E-state index contributed by atoms with van der Waals surface area (Å²) in [6.45, 7) is 0. The van der Waals surface area contributed by atoms with Crippen LogP contribution in [0.15, 0.2) is 42.5 Å². The van der Waals surface area contributed by atoms with Crippen LogP contribution in [0.25, 0.3) is 0 Å². The van der Waals surface area contributed by atoms with Crippen LogP contribution in [-0.2, 0) is 4.79 Å². The quantitative estimate of drug-likeness (QED) is 0.602. The Morgan fingerprint density at radius 3 is 2.82 bits per heavy atom.